The van der Waals surface area contributed by atoms with Gasteiger partial charge in [-0.15, -0.1) is 0 Å². The van der Waals surface area contributed by atoms with Crippen molar-refractivity contribution in [3.8, 4) is 0 Å². The van der Waals surface area contributed by atoms with E-state index in [1.807, 2.05) is 0 Å². The van der Waals surface area contributed by atoms with Gasteiger partial charge in [0.25, 0.3) is 0 Å². The lowest BCUT2D eigenvalue weighted by molar-refractivity contribution is -0.164. The van der Waals surface area contributed by atoms with Gasteiger partial charge in [-0.1, -0.05) is 11.8 Å². The van der Waals surface area contributed by atoms with Crippen LogP contribution in [0.5, 0.6) is 0 Å². The number of aliphatic hydroxyl groups is 1. The van der Waals surface area contributed by atoms with E-state index in [1.54, 1.807) is 20.1 Å². The Labute approximate surface area is 92.4 Å². The Kier molecular flexibility index (Phi) is 3.45. The van der Waals surface area contributed by atoms with Gasteiger partial charge in [-0.25, -0.2) is 8.78 Å². The third-order valence-electron chi connectivity index (χ3n) is 3.02. The molecule has 2 nitrogen and oxygen atoms in total. The highest BCUT2D eigenvalue weighted by Crippen LogP contribution is 2.48. The van der Waals surface area contributed by atoms with Crippen LogP contribution >= 0.6 is 11.8 Å². The molecular weight excluding hydrogens is 222 g/mol. The summed E-state index contributed by atoms with van der Waals surface area (Å²) in [5.74, 6) is -3.10. The zero-order chi connectivity index (χ0) is 11.9. The topological polar surface area (TPSA) is 37.3 Å². The van der Waals surface area contributed by atoms with E-state index in [0.29, 0.717) is 0 Å². The highest BCUT2D eigenvalue weighted by Gasteiger charge is 2.52. The lowest BCUT2D eigenvalue weighted by Crippen LogP contribution is -2.49. The van der Waals surface area contributed by atoms with E-state index in [0.717, 1.165) is 11.8 Å². The van der Waals surface area contributed by atoms with Crippen molar-refractivity contribution in [3.05, 3.63) is 0 Å². The molecule has 0 spiro atoms. The number of hydrogen-bond donors (Lipinski definition) is 1. The second-order valence-corrected chi connectivity index (χ2v) is 5.46. The molecule has 0 aromatic carbocycles. The minimum Gasteiger partial charge on any atom is -0.392 e. The first-order chi connectivity index (χ1) is 6.70. The Morgan fingerprint density at radius 1 is 1.53 bits per heavy atom. The van der Waals surface area contributed by atoms with Crippen molar-refractivity contribution >= 4 is 16.9 Å². The largest absolute Gasteiger partial charge is 0.392 e. The molecule has 88 valence electrons. The van der Waals surface area contributed by atoms with Gasteiger partial charge in [-0.05, 0) is 26.0 Å². The molecule has 1 saturated carbocycles. The maximum Gasteiger partial charge on any atom is 0.248 e. The van der Waals surface area contributed by atoms with Gasteiger partial charge in [-0.3, -0.25) is 4.79 Å². The van der Waals surface area contributed by atoms with E-state index < -0.39 is 23.4 Å². The van der Waals surface area contributed by atoms with Gasteiger partial charge >= 0.3 is 0 Å². The molecule has 1 aliphatic rings. The summed E-state index contributed by atoms with van der Waals surface area (Å²) >= 11 is 1.03. The summed E-state index contributed by atoms with van der Waals surface area (Å²) in [6.07, 6.45) is 0.0436. The molecule has 0 aromatic rings. The lowest BCUT2D eigenvalue weighted by Gasteiger charge is -2.43. The molecule has 0 aromatic heterocycles. The van der Waals surface area contributed by atoms with Gasteiger partial charge in [0, 0.05) is 12.8 Å². The van der Waals surface area contributed by atoms with E-state index in [2.05, 4.69) is 0 Å². The quantitative estimate of drug-likeness (QED) is 0.819. The van der Waals surface area contributed by atoms with Crippen molar-refractivity contribution in [2.75, 3.05) is 6.26 Å². The van der Waals surface area contributed by atoms with Gasteiger partial charge in [0.15, 0.2) is 5.12 Å². The summed E-state index contributed by atoms with van der Waals surface area (Å²) in [7, 11) is 0. The van der Waals surface area contributed by atoms with E-state index >= 15 is 0 Å². The van der Waals surface area contributed by atoms with Gasteiger partial charge in [0.1, 0.15) is 0 Å². The predicted molar refractivity (Wildman–Crippen MR) is 56.0 cm³/mol. The molecule has 1 atom stereocenters. The van der Waals surface area contributed by atoms with Gasteiger partial charge in [0.05, 0.1) is 11.5 Å². The Bertz CT molecular complexity index is 258. The molecule has 0 bridgehead atoms. The van der Waals surface area contributed by atoms with Crippen molar-refractivity contribution in [1.82, 2.24) is 0 Å². The minimum atomic E-state index is -2.65. The average molecular weight is 238 g/mol. The predicted octanol–water partition coefficient (Wildman–Crippen LogP) is 2.31. The minimum absolute atomic E-state index is 0.162. The summed E-state index contributed by atoms with van der Waals surface area (Å²) < 4.78 is 25.2. The van der Waals surface area contributed by atoms with Crippen LogP contribution in [0.15, 0.2) is 0 Å². The fourth-order valence-corrected chi connectivity index (χ4v) is 2.55. The van der Waals surface area contributed by atoms with Crippen LogP contribution in [-0.2, 0) is 4.79 Å². The average Bonchev–Trinajstić information content (AvgIpc) is 2.11. The first-order valence-electron chi connectivity index (χ1n) is 4.85. The Morgan fingerprint density at radius 2 is 2.00 bits per heavy atom. The normalized spacial score (nSPS) is 23.3. The molecule has 0 radical (unpaired) electrons. The second kappa shape index (κ2) is 4.01. The Balaban J connectivity index is 2.61. The standard InChI is InChI=1S/C10H16F2O2S/c1-9(2,8(14)15-3)7(13)6-4-10(11,12)5-6/h6-7,13H,4-5H2,1-3H3. The molecule has 0 amide bonds. The van der Waals surface area contributed by atoms with Crippen molar-refractivity contribution in [1.29, 1.82) is 0 Å². The zero-order valence-corrected chi connectivity index (χ0v) is 9.91. The van der Waals surface area contributed by atoms with Gasteiger partial charge in [0.2, 0.25) is 5.92 Å². The molecule has 1 fully saturated rings. The van der Waals surface area contributed by atoms with Gasteiger partial charge < -0.3 is 5.11 Å². The monoisotopic (exact) mass is 238 g/mol. The molecule has 1 rings (SSSR count). The molecule has 0 saturated heterocycles. The van der Waals surface area contributed by atoms with Gasteiger partial charge in [-0.2, -0.15) is 0 Å². The lowest BCUT2D eigenvalue weighted by atomic mass is 9.69. The number of halogens is 2. The summed E-state index contributed by atoms with van der Waals surface area (Å²) in [5, 5.41) is 9.70. The fourth-order valence-electron chi connectivity index (χ4n) is 1.90. The summed E-state index contributed by atoms with van der Waals surface area (Å²) in [6, 6.07) is 0. The van der Waals surface area contributed by atoms with E-state index in [4.69, 9.17) is 0 Å². The molecule has 0 aliphatic heterocycles. The third kappa shape index (κ3) is 2.50. The maximum atomic E-state index is 12.6. The van der Waals surface area contributed by atoms with Crippen LogP contribution in [0, 0.1) is 11.3 Å². The molecule has 1 N–H and O–H groups in total. The maximum absolute atomic E-state index is 12.6. The zero-order valence-electron chi connectivity index (χ0n) is 9.09. The molecule has 5 heteroatoms. The van der Waals surface area contributed by atoms with Crippen LogP contribution in [0.25, 0.3) is 0 Å². The van der Waals surface area contributed by atoms with Crippen molar-refractivity contribution in [2.45, 2.75) is 38.7 Å². The summed E-state index contributed by atoms with van der Waals surface area (Å²) in [5.41, 5.74) is -0.944. The number of carbonyl (C=O) groups is 1. The highest BCUT2D eigenvalue weighted by atomic mass is 32.2. The molecular formula is C10H16F2O2S. The van der Waals surface area contributed by atoms with Crippen LogP contribution in [-0.4, -0.2) is 28.5 Å². The number of aliphatic hydroxyl groups excluding tert-OH is 1. The Morgan fingerprint density at radius 3 is 2.33 bits per heavy atom. The summed E-state index contributed by atoms with van der Waals surface area (Å²) in [4.78, 5) is 11.5. The van der Waals surface area contributed by atoms with Crippen LogP contribution in [0.3, 0.4) is 0 Å². The van der Waals surface area contributed by atoms with E-state index in [9.17, 15) is 18.7 Å². The smallest absolute Gasteiger partial charge is 0.248 e. The first kappa shape index (κ1) is 12.9. The first-order valence-corrected chi connectivity index (χ1v) is 6.07. The van der Waals surface area contributed by atoms with Crippen LogP contribution in [0.4, 0.5) is 8.78 Å². The second-order valence-electron chi connectivity index (χ2n) is 4.68. The van der Waals surface area contributed by atoms with Crippen molar-refractivity contribution in [3.63, 3.8) is 0 Å². The third-order valence-corrected chi connectivity index (χ3v) is 3.92. The number of carbonyl (C=O) groups excluding carboxylic acids is 1. The van der Waals surface area contributed by atoms with Crippen LogP contribution in [0.2, 0.25) is 0 Å². The summed E-state index contributed by atoms with van der Waals surface area (Å²) in [6.45, 7) is 3.21. The number of alkyl halides is 2. The Hall–Kier alpha value is -0.160. The van der Waals surface area contributed by atoms with Crippen LogP contribution < -0.4 is 0 Å². The van der Waals surface area contributed by atoms with E-state index in [-0.39, 0.29) is 18.0 Å². The highest BCUT2D eigenvalue weighted by molar-refractivity contribution is 8.13. The molecule has 15 heavy (non-hydrogen) atoms. The molecule has 1 aliphatic carbocycles. The number of rotatable bonds is 3. The van der Waals surface area contributed by atoms with Crippen LogP contribution in [0.1, 0.15) is 26.7 Å². The van der Waals surface area contributed by atoms with Crippen molar-refractivity contribution < 1.29 is 18.7 Å². The van der Waals surface area contributed by atoms with E-state index in [1.165, 1.54) is 0 Å². The SMILES string of the molecule is CSC(=O)C(C)(C)C(O)C1CC(F)(F)C1. The van der Waals surface area contributed by atoms with Crippen molar-refractivity contribution in [2.24, 2.45) is 11.3 Å². The molecule has 0 heterocycles. The fraction of sp³-hybridized carbons (Fsp3) is 0.900. The number of thioether (sulfide) groups is 1. The number of hydrogen-bond acceptors (Lipinski definition) is 3. The molecule has 1 unspecified atom stereocenters.